The third-order valence-corrected chi connectivity index (χ3v) is 5.34. The van der Waals surface area contributed by atoms with Crippen molar-refractivity contribution in [1.82, 2.24) is 15.5 Å². The summed E-state index contributed by atoms with van der Waals surface area (Å²) < 4.78 is 0. The Balaban J connectivity index is 3.09. The molecule has 1 saturated heterocycles. The van der Waals surface area contributed by atoms with Gasteiger partial charge in [-0.05, 0) is 31.1 Å². The van der Waals surface area contributed by atoms with Crippen molar-refractivity contribution in [2.24, 2.45) is 5.41 Å². The molecule has 2 N–H and O–H groups in total. The van der Waals surface area contributed by atoms with Crippen LogP contribution in [0.15, 0.2) is 25.1 Å². The predicted octanol–water partition coefficient (Wildman–Crippen LogP) is 3.81. The summed E-state index contributed by atoms with van der Waals surface area (Å²) in [6.07, 6.45) is 9.42. The molecule has 3 unspecified atom stereocenters. The predicted molar refractivity (Wildman–Crippen MR) is 103 cm³/mol. The summed E-state index contributed by atoms with van der Waals surface area (Å²) in [5, 5.41) is 6.43. The summed E-state index contributed by atoms with van der Waals surface area (Å²) in [4.78, 5) is 15.4. The Morgan fingerprint density at radius 2 is 2.08 bits per heavy atom. The fraction of sp³-hybridized carbons (Fsp3) is 0.750. The van der Waals surface area contributed by atoms with Gasteiger partial charge in [0.05, 0.1) is 5.82 Å². The number of hydrogen-bond donors (Lipinski definition) is 2. The van der Waals surface area contributed by atoms with Crippen molar-refractivity contribution >= 4 is 5.91 Å². The fourth-order valence-electron chi connectivity index (χ4n) is 3.82. The molecule has 1 rings (SSSR count). The first-order valence-corrected chi connectivity index (χ1v) is 9.49. The number of carbonyl (C=O) groups excluding carboxylic acids is 1. The van der Waals surface area contributed by atoms with Gasteiger partial charge in [0, 0.05) is 19.6 Å². The van der Waals surface area contributed by atoms with Crippen LogP contribution in [0.3, 0.4) is 0 Å². The van der Waals surface area contributed by atoms with Crippen LogP contribution in [0.4, 0.5) is 0 Å². The summed E-state index contributed by atoms with van der Waals surface area (Å²) in [6, 6.07) is -0.0776. The Kier molecular flexibility index (Phi) is 8.37. The van der Waals surface area contributed by atoms with Crippen LogP contribution in [0.2, 0.25) is 0 Å². The zero-order chi connectivity index (χ0) is 18.2. The number of amides is 1. The van der Waals surface area contributed by atoms with Gasteiger partial charge in [-0.2, -0.15) is 0 Å². The van der Waals surface area contributed by atoms with E-state index in [4.69, 9.17) is 0 Å². The second kappa shape index (κ2) is 9.75. The normalized spacial score (nSPS) is 21.0. The van der Waals surface area contributed by atoms with Crippen LogP contribution in [0.25, 0.3) is 0 Å². The van der Waals surface area contributed by atoms with Crippen LogP contribution in [0, 0.1) is 5.41 Å². The quantitative estimate of drug-likeness (QED) is 0.564. The Morgan fingerprint density at radius 1 is 1.38 bits per heavy atom. The Hall–Kier alpha value is -1.45. The summed E-state index contributed by atoms with van der Waals surface area (Å²) in [5.74, 6) is 0.905. The molecule has 24 heavy (non-hydrogen) atoms. The number of unbranched alkanes of at least 4 members (excludes halogenated alkanes) is 1. The lowest BCUT2D eigenvalue weighted by Crippen LogP contribution is -2.56. The van der Waals surface area contributed by atoms with Gasteiger partial charge in [0.1, 0.15) is 6.04 Å². The lowest BCUT2D eigenvalue weighted by Gasteiger charge is -2.41. The third-order valence-electron chi connectivity index (χ3n) is 5.34. The average Bonchev–Trinajstić information content (AvgIpc) is 3.05. The fourth-order valence-corrected chi connectivity index (χ4v) is 3.82. The van der Waals surface area contributed by atoms with Crippen molar-refractivity contribution in [2.45, 2.75) is 77.8 Å². The highest BCUT2D eigenvalue weighted by Crippen LogP contribution is 2.36. The van der Waals surface area contributed by atoms with Gasteiger partial charge < -0.3 is 15.5 Å². The molecule has 0 aromatic heterocycles. The molecule has 1 amide bonds. The Labute approximate surface area is 148 Å². The Bertz CT molecular complexity index is 435. The number of likely N-dealkylation sites (tertiary alicyclic amines) is 1. The molecule has 0 radical (unpaired) electrons. The SMILES string of the molecule is C=CC1CCCN1C(=O)C(NC(=C)NC)C(C)(CCC)CCCC. The van der Waals surface area contributed by atoms with Crippen molar-refractivity contribution in [2.75, 3.05) is 13.6 Å². The number of nitrogens with one attached hydrogen (secondary N) is 2. The second-order valence-electron chi connectivity index (χ2n) is 7.29. The van der Waals surface area contributed by atoms with Gasteiger partial charge in [-0.1, -0.05) is 52.7 Å². The molecule has 0 aromatic rings. The van der Waals surface area contributed by atoms with Gasteiger partial charge in [0.25, 0.3) is 0 Å². The second-order valence-corrected chi connectivity index (χ2v) is 7.29. The van der Waals surface area contributed by atoms with E-state index in [1.165, 1.54) is 0 Å². The highest BCUT2D eigenvalue weighted by Gasteiger charge is 2.42. The molecule has 1 fully saturated rings. The van der Waals surface area contributed by atoms with Crippen LogP contribution >= 0.6 is 0 Å². The van der Waals surface area contributed by atoms with Crippen molar-refractivity contribution in [3.63, 3.8) is 0 Å². The first-order chi connectivity index (χ1) is 11.4. The van der Waals surface area contributed by atoms with E-state index >= 15 is 0 Å². The standard InChI is InChI=1S/C20H37N3O/c1-7-10-14-20(5,13-8-2)18(22-16(4)21-6)19(24)23-15-11-12-17(23)9-3/h9,17-18,21-22H,3-4,7-8,10-15H2,1-2,5-6H3. The van der Waals surface area contributed by atoms with E-state index in [9.17, 15) is 4.79 Å². The first-order valence-electron chi connectivity index (χ1n) is 9.49. The minimum atomic E-state index is -0.246. The van der Waals surface area contributed by atoms with Gasteiger partial charge in [-0.25, -0.2) is 0 Å². The molecular formula is C20H37N3O. The van der Waals surface area contributed by atoms with Crippen molar-refractivity contribution < 1.29 is 4.79 Å². The van der Waals surface area contributed by atoms with E-state index in [0.29, 0.717) is 5.82 Å². The van der Waals surface area contributed by atoms with Crippen LogP contribution in [-0.4, -0.2) is 36.5 Å². The molecule has 4 heteroatoms. The molecule has 1 aliphatic rings. The summed E-state index contributed by atoms with van der Waals surface area (Å²) >= 11 is 0. The number of hydrogen-bond acceptors (Lipinski definition) is 3. The highest BCUT2D eigenvalue weighted by atomic mass is 16.2. The van der Waals surface area contributed by atoms with Crippen molar-refractivity contribution in [3.05, 3.63) is 25.1 Å². The topological polar surface area (TPSA) is 44.4 Å². The van der Waals surface area contributed by atoms with Crippen molar-refractivity contribution in [3.8, 4) is 0 Å². The van der Waals surface area contributed by atoms with Gasteiger partial charge in [0.15, 0.2) is 0 Å². The molecule has 0 aromatic carbocycles. The molecule has 0 bridgehead atoms. The molecule has 0 spiro atoms. The van der Waals surface area contributed by atoms with Gasteiger partial charge >= 0.3 is 0 Å². The average molecular weight is 336 g/mol. The van der Waals surface area contributed by atoms with Gasteiger partial charge in [-0.3, -0.25) is 4.79 Å². The third kappa shape index (κ3) is 5.02. The Morgan fingerprint density at radius 3 is 2.62 bits per heavy atom. The summed E-state index contributed by atoms with van der Waals surface area (Å²) in [7, 11) is 1.84. The zero-order valence-corrected chi connectivity index (χ0v) is 16.2. The molecule has 1 heterocycles. The van der Waals surface area contributed by atoms with E-state index in [1.807, 2.05) is 18.0 Å². The smallest absolute Gasteiger partial charge is 0.246 e. The lowest BCUT2D eigenvalue weighted by atomic mass is 9.73. The van der Waals surface area contributed by atoms with E-state index in [0.717, 1.165) is 51.5 Å². The van der Waals surface area contributed by atoms with Gasteiger partial charge in [-0.15, -0.1) is 6.58 Å². The van der Waals surface area contributed by atoms with E-state index < -0.39 is 0 Å². The highest BCUT2D eigenvalue weighted by molar-refractivity contribution is 5.84. The monoisotopic (exact) mass is 335 g/mol. The van der Waals surface area contributed by atoms with Gasteiger partial charge in [0.2, 0.25) is 5.91 Å². The van der Waals surface area contributed by atoms with Crippen LogP contribution < -0.4 is 10.6 Å². The summed E-state index contributed by atoms with van der Waals surface area (Å²) in [6.45, 7) is 15.4. The number of rotatable bonds is 11. The van der Waals surface area contributed by atoms with Crippen LogP contribution in [0.1, 0.15) is 65.7 Å². The first kappa shape index (κ1) is 20.6. The van der Waals surface area contributed by atoms with E-state index in [1.54, 1.807) is 0 Å². The molecule has 138 valence electrons. The summed E-state index contributed by atoms with van der Waals surface area (Å²) in [5.41, 5.74) is -0.0735. The zero-order valence-electron chi connectivity index (χ0n) is 16.2. The molecule has 4 nitrogen and oxygen atoms in total. The maximum atomic E-state index is 13.4. The minimum absolute atomic E-state index is 0.0735. The maximum absolute atomic E-state index is 13.4. The number of carbonyl (C=O) groups is 1. The molecule has 0 saturated carbocycles. The molecule has 1 aliphatic heterocycles. The van der Waals surface area contributed by atoms with E-state index in [-0.39, 0.29) is 23.4 Å². The van der Waals surface area contributed by atoms with Crippen LogP contribution in [0.5, 0.6) is 0 Å². The maximum Gasteiger partial charge on any atom is 0.246 e. The van der Waals surface area contributed by atoms with E-state index in [2.05, 4.69) is 44.6 Å². The molecule has 0 aliphatic carbocycles. The van der Waals surface area contributed by atoms with Crippen LogP contribution in [-0.2, 0) is 4.79 Å². The number of nitrogens with zero attached hydrogens (tertiary/aromatic N) is 1. The molecular weight excluding hydrogens is 298 g/mol. The largest absolute Gasteiger partial charge is 0.375 e. The van der Waals surface area contributed by atoms with Crippen molar-refractivity contribution in [1.29, 1.82) is 0 Å². The lowest BCUT2D eigenvalue weighted by molar-refractivity contribution is -0.137. The molecule has 3 atom stereocenters. The minimum Gasteiger partial charge on any atom is -0.375 e.